The van der Waals surface area contributed by atoms with Crippen molar-refractivity contribution in [1.82, 2.24) is 15.2 Å². The summed E-state index contributed by atoms with van der Waals surface area (Å²) in [6, 6.07) is 3.41. The quantitative estimate of drug-likeness (QED) is 0.502. The number of nitrogens with zero attached hydrogens (tertiary/aromatic N) is 3. The van der Waals surface area contributed by atoms with Gasteiger partial charge in [0.1, 0.15) is 33.7 Å². The van der Waals surface area contributed by atoms with Gasteiger partial charge >= 0.3 is 0 Å². The number of carbonyl (C=O) groups is 1. The van der Waals surface area contributed by atoms with Crippen molar-refractivity contribution in [1.29, 1.82) is 0 Å². The van der Waals surface area contributed by atoms with Gasteiger partial charge < -0.3 is 21.7 Å². The van der Waals surface area contributed by atoms with E-state index in [0.717, 1.165) is 29.7 Å². The van der Waals surface area contributed by atoms with Crippen LogP contribution in [0.25, 0.3) is 10.6 Å². The summed E-state index contributed by atoms with van der Waals surface area (Å²) in [6.07, 6.45) is 1.24. The molecule has 2 aromatic rings. The van der Waals surface area contributed by atoms with Gasteiger partial charge in [-0.1, -0.05) is 17.4 Å². The highest BCUT2D eigenvalue weighted by atomic mass is 32.1. The molecule has 5 N–H and O–H groups in total. The molecule has 1 aliphatic heterocycles. The summed E-state index contributed by atoms with van der Waals surface area (Å²) in [5.74, 6) is -2.03. The highest BCUT2D eigenvalue weighted by Crippen LogP contribution is 2.33. The van der Waals surface area contributed by atoms with Crippen LogP contribution < -0.4 is 16.8 Å². The van der Waals surface area contributed by atoms with Crippen molar-refractivity contribution in [2.75, 3.05) is 25.9 Å². The van der Waals surface area contributed by atoms with Gasteiger partial charge in [0.05, 0.1) is 17.8 Å². The molecule has 160 valence electrons. The van der Waals surface area contributed by atoms with Gasteiger partial charge in [-0.2, -0.15) is 0 Å². The number of nitrogen functional groups attached to an aromatic ring is 1. The average molecular weight is 438 g/mol. The summed E-state index contributed by atoms with van der Waals surface area (Å²) >= 11 is 0.786. The third-order valence-corrected chi connectivity index (χ3v) is 5.48. The Labute approximate surface area is 175 Å². The number of halogens is 3. The average Bonchev–Trinajstić information content (AvgIpc) is 3.09. The van der Waals surface area contributed by atoms with Crippen molar-refractivity contribution < 1.29 is 18.0 Å². The van der Waals surface area contributed by atoms with E-state index in [1.165, 1.54) is 13.1 Å². The Kier molecular flexibility index (Phi) is 6.60. The molecule has 1 fully saturated rings. The molecule has 7 nitrogen and oxygen atoms in total. The van der Waals surface area contributed by atoms with Crippen LogP contribution in [0.1, 0.15) is 23.3 Å². The number of hydrogen-bond donors (Lipinski definition) is 3. The third-order valence-electron chi connectivity index (χ3n) is 4.58. The van der Waals surface area contributed by atoms with Crippen LogP contribution in [0.4, 0.5) is 18.2 Å². The van der Waals surface area contributed by atoms with Gasteiger partial charge in [0, 0.05) is 19.8 Å². The number of hydrogen-bond acceptors (Lipinski definition) is 6. The Morgan fingerprint density at radius 3 is 2.70 bits per heavy atom. The monoisotopic (exact) mass is 438 g/mol. The number of piperidine rings is 1. The molecular formula is C19H21F3N6OS. The van der Waals surface area contributed by atoms with E-state index in [-0.39, 0.29) is 33.5 Å². The molecule has 0 saturated carbocycles. The number of anilines is 1. The van der Waals surface area contributed by atoms with E-state index in [2.05, 4.69) is 15.3 Å². The van der Waals surface area contributed by atoms with Crippen molar-refractivity contribution in [2.45, 2.75) is 19.0 Å². The second kappa shape index (κ2) is 9.16. The highest BCUT2D eigenvalue weighted by molar-refractivity contribution is 7.19. The summed E-state index contributed by atoms with van der Waals surface area (Å²) < 4.78 is 41.9. The molecule has 30 heavy (non-hydrogen) atoms. The van der Waals surface area contributed by atoms with Gasteiger partial charge in [0.25, 0.3) is 5.91 Å². The normalized spacial score (nSPS) is 17.9. The molecule has 2 heterocycles. The molecule has 0 unspecified atom stereocenters. The molecule has 0 radical (unpaired) electrons. The van der Waals surface area contributed by atoms with Gasteiger partial charge in [0.15, 0.2) is 5.69 Å². The van der Waals surface area contributed by atoms with Crippen LogP contribution in [0.5, 0.6) is 0 Å². The van der Waals surface area contributed by atoms with E-state index in [9.17, 15) is 18.0 Å². The fourth-order valence-corrected chi connectivity index (χ4v) is 4.08. The Bertz CT molecular complexity index is 986. The number of carbonyl (C=O) groups excluding carboxylic acids is 1. The standard InChI is InChI=1S/C19H21F3N6OS/c1-25-17(28-7-3-4-10(20)9-28)13(8-23)26-18(29)15-16(24)30-19(27-15)14-11(21)5-2-6-12(14)22/h2,5-6,8,10H,3-4,7,9,23-24H2,1H3,(H,26,29)/t10-/m0/s1. The lowest BCUT2D eigenvalue weighted by Gasteiger charge is -2.32. The summed E-state index contributed by atoms with van der Waals surface area (Å²) in [5.41, 5.74) is 11.1. The zero-order valence-corrected chi connectivity index (χ0v) is 17.0. The zero-order chi connectivity index (χ0) is 21.8. The van der Waals surface area contributed by atoms with Crippen LogP contribution in [0.15, 0.2) is 35.1 Å². The van der Waals surface area contributed by atoms with Crippen LogP contribution in [-0.4, -0.2) is 47.9 Å². The van der Waals surface area contributed by atoms with Crippen LogP contribution in [0.3, 0.4) is 0 Å². The minimum atomic E-state index is -1.00. The fourth-order valence-electron chi connectivity index (χ4n) is 3.21. The van der Waals surface area contributed by atoms with E-state index in [1.807, 2.05) is 0 Å². The van der Waals surface area contributed by atoms with E-state index >= 15 is 0 Å². The second-order valence-electron chi connectivity index (χ2n) is 6.60. The molecule has 0 aliphatic carbocycles. The van der Waals surface area contributed by atoms with E-state index in [4.69, 9.17) is 11.5 Å². The predicted octanol–water partition coefficient (Wildman–Crippen LogP) is 2.66. The van der Waals surface area contributed by atoms with Crippen LogP contribution in [0.2, 0.25) is 0 Å². The molecule has 1 aromatic heterocycles. The Hall–Kier alpha value is -3.08. The van der Waals surface area contributed by atoms with Gasteiger partial charge in [0.2, 0.25) is 0 Å². The molecule has 0 bridgehead atoms. The highest BCUT2D eigenvalue weighted by Gasteiger charge is 2.26. The molecule has 1 saturated heterocycles. The Morgan fingerprint density at radius 2 is 2.10 bits per heavy atom. The minimum absolute atomic E-state index is 0.0155. The van der Waals surface area contributed by atoms with Gasteiger partial charge in [-0.05, 0) is 25.0 Å². The van der Waals surface area contributed by atoms with Crippen molar-refractivity contribution in [2.24, 2.45) is 10.7 Å². The topological polar surface area (TPSA) is 110 Å². The molecule has 1 atom stereocenters. The van der Waals surface area contributed by atoms with E-state index in [0.29, 0.717) is 25.2 Å². The first-order valence-electron chi connectivity index (χ1n) is 9.15. The predicted molar refractivity (Wildman–Crippen MR) is 111 cm³/mol. The number of nitrogens with two attached hydrogens (primary N) is 2. The number of benzene rings is 1. The smallest absolute Gasteiger partial charge is 0.277 e. The number of likely N-dealkylation sites (tertiary alicyclic amines) is 1. The number of rotatable bonds is 4. The van der Waals surface area contributed by atoms with Crippen LogP contribution in [-0.2, 0) is 0 Å². The number of alkyl halides is 1. The zero-order valence-electron chi connectivity index (χ0n) is 16.2. The van der Waals surface area contributed by atoms with Gasteiger partial charge in [-0.3, -0.25) is 9.79 Å². The summed E-state index contributed by atoms with van der Waals surface area (Å²) in [7, 11) is 1.50. The van der Waals surface area contributed by atoms with Gasteiger partial charge in [-0.25, -0.2) is 18.2 Å². The number of nitrogens with one attached hydrogen (secondary N) is 1. The lowest BCUT2D eigenvalue weighted by atomic mass is 10.1. The maximum absolute atomic E-state index is 14.0. The molecule has 11 heteroatoms. The van der Waals surface area contributed by atoms with Crippen molar-refractivity contribution in [3.8, 4) is 10.6 Å². The van der Waals surface area contributed by atoms with Crippen molar-refractivity contribution >= 4 is 28.1 Å². The second-order valence-corrected chi connectivity index (χ2v) is 7.63. The molecule has 3 rings (SSSR count). The van der Waals surface area contributed by atoms with Crippen LogP contribution in [0, 0.1) is 11.6 Å². The molecule has 0 spiro atoms. The molecule has 1 aliphatic rings. The minimum Gasteiger partial charge on any atom is -0.403 e. The number of amides is 1. The van der Waals surface area contributed by atoms with Crippen molar-refractivity contribution in [3.63, 3.8) is 0 Å². The van der Waals surface area contributed by atoms with E-state index < -0.39 is 23.7 Å². The molecular weight excluding hydrogens is 417 g/mol. The first-order valence-corrected chi connectivity index (χ1v) is 9.97. The summed E-state index contributed by atoms with van der Waals surface area (Å²) in [4.78, 5) is 22.6. The summed E-state index contributed by atoms with van der Waals surface area (Å²) in [6.45, 7) is 0.700. The third kappa shape index (κ3) is 4.40. The maximum Gasteiger partial charge on any atom is 0.277 e. The lowest BCUT2D eigenvalue weighted by molar-refractivity contribution is 0.0963. The molecule has 1 amide bonds. The number of aromatic nitrogens is 1. The fraction of sp³-hybridized carbons (Fsp3) is 0.316. The number of amidine groups is 1. The van der Waals surface area contributed by atoms with Gasteiger partial charge in [-0.15, -0.1) is 0 Å². The SMILES string of the molecule is CN=C(C(=CN)NC(=O)c1nc(-c2c(F)cccc2F)sc1N)N1CCC[C@H](F)C1. The summed E-state index contributed by atoms with van der Waals surface area (Å²) in [5, 5.41) is 2.48. The maximum atomic E-state index is 14.0. The first-order chi connectivity index (χ1) is 14.3. The van der Waals surface area contributed by atoms with Crippen molar-refractivity contribution in [3.05, 3.63) is 47.4 Å². The largest absolute Gasteiger partial charge is 0.403 e. The lowest BCUT2D eigenvalue weighted by Crippen LogP contribution is -2.45. The number of aliphatic imine (C=N–C) groups is 1. The Balaban J connectivity index is 1.84. The Morgan fingerprint density at radius 1 is 1.40 bits per heavy atom. The van der Waals surface area contributed by atoms with Crippen LogP contribution >= 0.6 is 11.3 Å². The number of thiazole rings is 1. The first kappa shape index (κ1) is 21.6. The molecule has 1 aromatic carbocycles. The van der Waals surface area contributed by atoms with E-state index in [1.54, 1.807) is 4.90 Å².